The Kier molecular flexibility index (Phi) is 7.76. The van der Waals surface area contributed by atoms with Gasteiger partial charge in [0.25, 0.3) is 5.91 Å². The molecule has 0 spiro atoms. The van der Waals surface area contributed by atoms with Crippen molar-refractivity contribution in [2.24, 2.45) is 5.92 Å². The first-order chi connectivity index (χ1) is 15.5. The van der Waals surface area contributed by atoms with Crippen LogP contribution in [0.4, 0.5) is 0 Å². The third-order valence-electron chi connectivity index (χ3n) is 5.53. The third kappa shape index (κ3) is 5.04. The van der Waals surface area contributed by atoms with Crippen molar-refractivity contribution in [3.05, 3.63) is 65.7 Å². The number of amides is 1. The van der Waals surface area contributed by atoms with Crippen LogP contribution in [0.25, 0.3) is 0 Å². The number of rotatable bonds is 9. The lowest BCUT2D eigenvalue weighted by atomic mass is 9.84. The zero-order chi connectivity index (χ0) is 23.1. The van der Waals surface area contributed by atoms with E-state index in [4.69, 9.17) is 18.9 Å². The van der Waals surface area contributed by atoms with Gasteiger partial charge in [0.15, 0.2) is 0 Å². The largest absolute Gasteiger partial charge is 0.497 e. The van der Waals surface area contributed by atoms with Crippen LogP contribution in [0.2, 0.25) is 0 Å². The van der Waals surface area contributed by atoms with Gasteiger partial charge in [-0.2, -0.15) is 0 Å². The Bertz CT molecular complexity index is 986. The van der Waals surface area contributed by atoms with Crippen LogP contribution in [0, 0.1) is 5.92 Å². The number of esters is 1. The van der Waals surface area contributed by atoms with E-state index in [2.05, 4.69) is 5.32 Å². The second-order valence-corrected chi connectivity index (χ2v) is 7.40. The van der Waals surface area contributed by atoms with Crippen molar-refractivity contribution in [2.75, 3.05) is 27.9 Å². The van der Waals surface area contributed by atoms with E-state index in [9.17, 15) is 9.59 Å². The Morgan fingerprint density at radius 1 is 1.00 bits per heavy atom. The topological polar surface area (TPSA) is 83.1 Å². The molecule has 1 amide bonds. The van der Waals surface area contributed by atoms with Crippen molar-refractivity contribution >= 4 is 11.9 Å². The maximum Gasteiger partial charge on any atom is 0.314 e. The molecular weight excluding hydrogens is 410 g/mol. The van der Waals surface area contributed by atoms with Gasteiger partial charge in [0.2, 0.25) is 0 Å². The molecule has 7 nitrogen and oxygen atoms in total. The monoisotopic (exact) mass is 439 g/mol. The molecule has 7 heteroatoms. The van der Waals surface area contributed by atoms with Gasteiger partial charge < -0.3 is 24.3 Å². The molecule has 0 bridgehead atoms. The number of nitrogens with one attached hydrogen (secondary N) is 1. The van der Waals surface area contributed by atoms with Crippen molar-refractivity contribution < 1.29 is 28.5 Å². The van der Waals surface area contributed by atoms with Crippen LogP contribution in [-0.4, -0.2) is 45.9 Å². The van der Waals surface area contributed by atoms with Gasteiger partial charge in [0.05, 0.1) is 39.4 Å². The van der Waals surface area contributed by atoms with Gasteiger partial charge in [-0.3, -0.25) is 9.59 Å². The van der Waals surface area contributed by atoms with Gasteiger partial charge in [-0.25, -0.2) is 0 Å². The highest BCUT2D eigenvalue weighted by Gasteiger charge is 2.36. The molecule has 1 aliphatic carbocycles. The van der Waals surface area contributed by atoms with E-state index in [-0.39, 0.29) is 30.4 Å². The van der Waals surface area contributed by atoms with Crippen molar-refractivity contribution in [2.45, 2.75) is 25.3 Å². The van der Waals surface area contributed by atoms with Crippen LogP contribution in [0.1, 0.15) is 35.2 Å². The van der Waals surface area contributed by atoms with Gasteiger partial charge in [-0.15, -0.1) is 0 Å². The summed E-state index contributed by atoms with van der Waals surface area (Å²) in [6, 6.07) is 12.2. The molecule has 0 unspecified atom stereocenters. The first kappa shape index (κ1) is 23.2. The predicted octanol–water partition coefficient (Wildman–Crippen LogP) is 3.73. The SMILES string of the molecule is CCOC(=O)[C@H](c1cc(OC)ccc1OC)[C@@H]1C=C[C@@H](NC(=O)c2ccccc2OC)C1. The van der Waals surface area contributed by atoms with Gasteiger partial charge in [0, 0.05) is 11.6 Å². The minimum Gasteiger partial charge on any atom is -0.497 e. The molecule has 0 fully saturated rings. The fourth-order valence-corrected chi connectivity index (χ4v) is 4.01. The van der Waals surface area contributed by atoms with Crippen molar-refractivity contribution in [3.63, 3.8) is 0 Å². The molecule has 0 saturated carbocycles. The average Bonchev–Trinajstić information content (AvgIpc) is 3.26. The lowest BCUT2D eigenvalue weighted by Gasteiger charge is -2.24. The van der Waals surface area contributed by atoms with Crippen LogP contribution in [0.5, 0.6) is 17.2 Å². The normalized spacial score (nSPS) is 18.0. The Labute approximate surface area is 188 Å². The Balaban J connectivity index is 1.82. The summed E-state index contributed by atoms with van der Waals surface area (Å²) in [5.41, 5.74) is 1.15. The number of hydrogen-bond donors (Lipinski definition) is 1. The summed E-state index contributed by atoms with van der Waals surface area (Å²) in [5, 5.41) is 3.01. The molecule has 0 aliphatic heterocycles. The van der Waals surface area contributed by atoms with E-state index in [1.807, 2.05) is 18.2 Å². The molecular formula is C25H29NO6. The fourth-order valence-electron chi connectivity index (χ4n) is 4.01. The molecule has 3 atom stereocenters. The molecule has 2 aromatic rings. The van der Waals surface area contributed by atoms with E-state index in [0.717, 1.165) is 0 Å². The Morgan fingerprint density at radius 2 is 1.75 bits per heavy atom. The summed E-state index contributed by atoms with van der Waals surface area (Å²) in [7, 11) is 4.67. The van der Waals surface area contributed by atoms with E-state index in [1.165, 1.54) is 7.11 Å². The van der Waals surface area contributed by atoms with E-state index < -0.39 is 5.92 Å². The van der Waals surface area contributed by atoms with Crippen LogP contribution >= 0.6 is 0 Å². The highest BCUT2D eigenvalue weighted by molar-refractivity contribution is 5.97. The second-order valence-electron chi connectivity index (χ2n) is 7.40. The van der Waals surface area contributed by atoms with Crippen molar-refractivity contribution in [1.82, 2.24) is 5.32 Å². The Morgan fingerprint density at radius 3 is 2.44 bits per heavy atom. The summed E-state index contributed by atoms with van der Waals surface area (Å²) < 4.78 is 21.5. The standard InChI is InChI=1S/C25H29NO6/c1-5-32-25(28)23(20-15-18(29-2)12-13-22(20)31-4)16-10-11-17(14-16)26-24(27)19-8-6-7-9-21(19)30-3/h6-13,15-17,23H,5,14H2,1-4H3,(H,26,27)/t16-,17-,23+/m1/s1. The maximum atomic E-state index is 13.0. The summed E-state index contributed by atoms with van der Waals surface area (Å²) in [4.78, 5) is 25.8. The minimum absolute atomic E-state index is 0.182. The molecule has 0 aromatic heterocycles. The summed E-state index contributed by atoms with van der Waals surface area (Å²) >= 11 is 0. The second kappa shape index (κ2) is 10.7. The van der Waals surface area contributed by atoms with Crippen molar-refractivity contribution in [3.8, 4) is 17.2 Å². The van der Waals surface area contributed by atoms with Gasteiger partial charge >= 0.3 is 5.97 Å². The van der Waals surface area contributed by atoms with Crippen LogP contribution in [0.3, 0.4) is 0 Å². The number of para-hydroxylation sites is 1. The molecule has 0 heterocycles. The third-order valence-corrected chi connectivity index (χ3v) is 5.53. The number of carbonyl (C=O) groups excluding carboxylic acids is 2. The highest BCUT2D eigenvalue weighted by Crippen LogP contribution is 2.40. The minimum atomic E-state index is -0.593. The molecule has 3 rings (SSSR count). The molecule has 1 aliphatic rings. The number of benzene rings is 2. The van der Waals surface area contributed by atoms with Crippen molar-refractivity contribution in [1.29, 1.82) is 0 Å². The average molecular weight is 440 g/mol. The van der Waals surface area contributed by atoms with E-state index in [0.29, 0.717) is 34.8 Å². The highest BCUT2D eigenvalue weighted by atomic mass is 16.5. The molecule has 2 aromatic carbocycles. The Hall–Kier alpha value is -3.48. The first-order valence-corrected chi connectivity index (χ1v) is 10.5. The maximum absolute atomic E-state index is 13.0. The quantitative estimate of drug-likeness (QED) is 0.474. The van der Waals surface area contributed by atoms with Crippen LogP contribution < -0.4 is 19.5 Å². The predicted molar refractivity (Wildman–Crippen MR) is 120 cm³/mol. The summed E-state index contributed by atoms with van der Waals surface area (Å²) in [6.45, 7) is 2.05. The summed E-state index contributed by atoms with van der Waals surface area (Å²) in [6.07, 6.45) is 4.41. The van der Waals surface area contributed by atoms with Crippen LogP contribution in [0.15, 0.2) is 54.6 Å². The number of carbonyl (C=O) groups is 2. The number of hydrogen-bond acceptors (Lipinski definition) is 6. The molecule has 170 valence electrons. The van der Waals surface area contributed by atoms with Gasteiger partial charge in [-0.05, 0) is 49.6 Å². The number of ether oxygens (including phenoxy) is 4. The van der Waals surface area contributed by atoms with E-state index in [1.54, 1.807) is 57.5 Å². The molecule has 0 saturated heterocycles. The smallest absolute Gasteiger partial charge is 0.314 e. The van der Waals surface area contributed by atoms with Gasteiger partial charge in [0.1, 0.15) is 17.2 Å². The lowest BCUT2D eigenvalue weighted by molar-refractivity contribution is -0.146. The molecule has 32 heavy (non-hydrogen) atoms. The zero-order valence-corrected chi connectivity index (χ0v) is 18.8. The zero-order valence-electron chi connectivity index (χ0n) is 18.8. The number of allylic oxidation sites excluding steroid dienone is 1. The summed E-state index contributed by atoms with van der Waals surface area (Å²) in [5.74, 6) is 0.364. The van der Waals surface area contributed by atoms with Crippen LogP contribution in [-0.2, 0) is 9.53 Å². The molecule has 1 N–H and O–H groups in total. The van der Waals surface area contributed by atoms with E-state index >= 15 is 0 Å². The fraction of sp³-hybridized carbons (Fsp3) is 0.360. The molecule has 0 radical (unpaired) electrons. The van der Waals surface area contributed by atoms with Gasteiger partial charge in [-0.1, -0.05) is 24.3 Å². The first-order valence-electron chi connectivity index (χ1n) is 10.5. The lowest BCUT2D eigenvalue weighted by Crippen LogP contribution is -2.34. The number of methoxy groups -OCH3 is 3.